The van der Waals surface area contributed by atoms with E-state index < -0.39 is 0 Å². The molecule has 0 saturated carbocycles. The lowest BCUT2D eigenvalue weighted by atomic mass is 10.0. The zero-order chi connectivity index (χ0) is 11.8. The van der Waals surface area contributed by atoms with Crippen molar-refractivity contribution in [3.8, 4) is 5.82 Å². The molecule has 3 rings (SSSR count). The Hall–Kier alpha value is -1.55. The number of hydrogen-bond acceptors (Lipinski definition) is 3. The summed E-state index contributed by atoms with van der Waals surface area (Å²) in [6.07, 6.45) is 7.93. The lowest BCUT2D eigenvalue weighted by molar-refractivity contribution is 0.654. The molecule has 17 heavy (non-hydrogen) atoms. The van der Waals surface area contributed by atoms with Gasteiger partial charge in [0.1, 0.15) is 6.33 Å². The molecule has 0 atom stereocenters. The highest BCUT2D eigenvalue weighted by molar-refractivity contribution is 6.30. The Labute approximate surface area is 104 Å². The van der Waals surface area contributed by atoms with E-state index in [1.807, 2.05) is 10.9 Å². The van der Waals surface area contributed by atoms with Gasteiger partial charge in [0.25, 0.3) is 0 Å². The molecule has 0 aromatic carbocycles. The van der Waals surface area contributed by atoms with Crippen LogP contribution >= 0.6 is 11.6 Å². The third-order valence-electron chi connectivity index (χ3n) is 3.12. The number of fused-ring (bicyclic) bond motifs is 1. The molecule has 2 aromatic heterocycles. The number of aromatic nitrogens is 3. The van der Waals surface area contributed by atoms with Crippen LogP contribution < -0.4 is 5.73 Å². The Balaban J connectivity index is 2.12. The van der Waals surface area contributed by atoms with E-state index in [-0.39, 0.29) is 0 Å². The van der Waals surface area contributed by atoms with Gasteiger partial charge in [-0.25, -0.2) is 9.97 Å². The first-order valence-corrected chi connectivity index (χ1v) is 6.10. The van der Waals surface area contributed by atoms with Crippen molar-refractivity contribution in [3.05, 3.63) is 35.0 Å². The summed E-state index contributed by atoms with van der Waals surface area (Å²) < 4.78 is 1.99. The van der Waals surface area contributed by atoms with E-state index in [0.29, 0.717) is 10.7 Å². The molecule has 0 amide bonds. The second-order valence-corrected chi connectivity index (χ2v) is 4.72. The minimum atomic E-state index is 0.556. The van der Waals surface area contributed by atoms with Crippen LogP contribution in [0.3, 0.4) is 0 Å². The first-order chi connectivity index (χ1) is 8.25. The average Bonchev–Trinajstić information content (AvgIpc) is 2.73. The molecule has 0 saturated heterocycles. The molecule has 0 unspecified atom stereocenters. The van der Waals surface area contributed by atoms with Crippen LogP contribution in [0.5, 0.6) is 0 Å². The zero-order valence-corrected chi connectivity index (χ0v) is 10.1. The Morgan fingerprint density at radius 2 is 2.06 bits per heavy atom. The highest BCUT2D eigenvalue weighted by atomic mass is 35.5. The van der Waals surface area contributed by atoms with Crippen molar-refractivity contribution in [2.24, 2.45) is 0 Å². The fourth-order valence-corrected chi connectivity index (χ4v) is 2.47. The molecule has 88 valence electrons. The lowest BCUT2D eigenvalue weighted by Gasteiger charge is -2.14. The molecule has 4 nitrogen and oxygen atoms in total. The number of rotatable bonds is 1. The van der Waals surface area contributed by atoms with Gasteiger partial charge in [-0.1, -0.05) is 11.6 Å². The van der Waals surface area contributed by atoms with Crippen LogP contribution in [0.1, 0.15) is 24.2 Å². The monoisotopic (exact) mass is 248 g/mol. The molecule has 2 aromatic rings. The van der Waals surface area contributed by atoms with E-state index in [4.69, 9.17) is 17.3 Å². The molecule has 2 heterocycles. The number of hydrogen-bond donors (Lipinski definition) is 1. The minimum Gasteiger partial charge on any atom is -0.396 e. The van der Waals surface area contributed by atoms with Crippen LogP contribution in [0, 0.1) is 0 Å². The van der Waals surface area contributed by atoms with Gasteiger partial charge in [-0.3, -0.25) is 4.57 Å². The molecular weight excluding hydrogens is 236 g/mol. The maximum absolute atomic E-state index is 5.95. The van der Waals surface area contributed by atoms with Crippen LogP contribution in [-0.4, -0.2) is 14.5 Å². The zero-order valence-electron chi connectivity index (χ0n) is 9.36. The number of pyridine rings is 1. The highest BCUT2D eigenvalue weighted by Gasteiger charge is 2.17. The minimum absolute atomic E-state index is 0.556. The molecule has 0 aliphatic heterocycles. The number of aryl methyl sites for hydroxylation is 1. The van der Waals surface area contributed by atoms with Crippen LogP contribution in [0.4, 0.5) is 5.69 Å². The molecule has 0 bridgehead atoms. The van der Waals surface area contributed by atoms with Crippen LogP contribution in [0.15, 0.2) is 18.6 Å². The number of halogens is 1. The number of imidazole rings is 1. The second-order valence-electron chi connectivity index (χ2n) is 4.28. The fraction of sp³-hybridized carbons (Fsp3) is 0.333. The Bertz CT molecular complexity index is 562. The molecule has 5 heteroatoms. The van der Waals surface area contributed by atoms with E-state index in [0.717, 1.165) is 18.7 Å². The Morgan fingerprint density at radius 1 is 1.24 bits per heavy atom. The molecule has 0 fully saturated rings. The molecule has 1 aliphatic carbocycles. The predicted molar refractivity (Wildman–Crippen MR) is 67.4 cm³/mol. The summed E-state index contributed by atoms with van der Waals surface area (Å²) in [4.78, 5) is 8.73. The van der Waals surface area contributed by atoms with E-state index >= 15 is 0 Å². The van der Waals surface area contributed by atoms with Crippen LogP contribution in [0.2, 0.25) is 5.02 Å². The first kappa shape index (κ1) is 10.6. The van der Waals surface area contributed by atoms with Crippen molar-refractivity contribution in [1.29, 1.82) is 0 Å². The standard InChI is InChI=1S/C12H13ClN4/c13-8-5-9(14)12(15-6-8)17-7-16-10-3-1-2-4-11(10)17/h5-7H,1-4,14H2. The largest absolute Gasteiger partial charge is 0.396 e. The third-order valence-corrected chi connectivity index (χ3v) is 3.33. The van der Waals surface area contributed by atoms with Crippen molar-refractivity contribution in [1.82, 2.24) is 14.5 Å². The van der Waals surface area contributed by atoms with Gasteiger partial charge in [0.05, 0.1) is 16.4 Å². The summed E-state index contributed by atoms with van der Waals surface area (Å²) in [6, 6.07) is 1.72. The van der Waals surface area contributed by atoms with Gasteiger partial charge in [0, 0.05) is 11.9 Å². The highest BCUT2D eigenvalue weighted by Crippen LogP contribution is 2.25. The van der Waals surface area contributed by atoms with Crippen molar-refractivity contribution in [2.75, 3.05) is 5.73 Å². The fourth-order valence-electron chi connectivity index (χ4n) is 2.30. The Morgan fingerprint density at radius 3 is 2.88 bits per heavy atom. The van der Waals surface area contributed by atoms with Gasteiger partial charge in [0.15, 0.2) is 5.82 Å². The average molecular weight is 249 g/mol. The van der Waals surface area contributed by atoms with Gasteiger partial charge in [-0.2, -0.15) is 0 Å². The van der Waals surface area contributed by atoms with Crippen molar-refractivity contribution in [3.63, 3.8) is 0 Å². The number of nitrogens with zero attached hydrogens (tertiary/aromatic N) is 3. The number of nitrogens with two attached hydrogens (primary N) is 1. The van der Waals surface area contributed by atoms with E-state index in [1.54, 1.807) is 12.3 Å². The Kier molecular flexibility index (Phi) is 2.52. The maximum Gasteiger partial charge on any atom is 0.161 e. The second kappa shape index (κ2) is 4.04. The topological polar surface area (TPSA) is 56.7 Å². The van der Waals surface area contributed by atoms with E-state index in [1.165, 1.54) is 24.2 Å². The lowest BCUT2D eigenvalue weighted by Crippen LogP contribution is -2.09. The maximum atomic E-state index is 5.95. The van der Waals surface area contributed by atoms with E-state index in [2.05, 4.69) is 9.97 Å². The summed E-state index contributed by atoms with van der Waals surface area (Å²) in [5, 5.41) is 0.556. The summed E-state index contributed by atoms with van der Waals surface area (Å²) in [7, 11) is 0. The van der Waals surface area contributed by atoms with Crippen molar-refractivity contribution >= 4 is 17.3 Å². The SMILES string of the molecule is Nc1cc(Cl)cnc1-n1cnc2c1CCCC2. The summed E-state index contributed by atoms with van der Waals surface area (Å²) in [6.45, 7) is 0. The molecule has 0 spiro atoms. The molecular formula is C12H13ClN4. The predicted octanol–water partition coefficient (Wildman–Crippen LogP) is 2.38. The van der Waals surface area contributed by atoms with Crippen LogP contribution in [0.25, 0.3) is 5.82 Å². The van der Waals surface area contributed by atoms with Gasteiger partial charge >= 0.3 is 0 Å². The van der Waals surface area contributed by atoms with E-state index in [9.17, 15) is 0 Å². The normalized spacial score (nSPS) is 14.6. The number of nitrogen functional groups attached to an aromatic ring is 1. The molecule has 0 radical (unpaired) electrons. The number of anilines is 1. The molecule has 2 N–H and O–H groups in total. The van der Waals surface area contributed by atoms with Crippen molar-refractivity contribution < 1.29 is 0 Å². The van der Waals surface area contributed by atoms with Gasteiger partial charge in [-0.05, 0) is 31.7 Å². The van der Waals surface area contributed by atoms with Crippen molar-refractivity contribution in [2.45, 2.75) is 25.7 Å². The summed E-state index contributed by atoms with van der Waals surface area (Å²) in [5.41, 5.74) is 8.94. The molecule has 1 aliphatic rings. The summed E-state index contributed by atoms with van der Waals surface area (Å²) in [5.74, 6) is 0.727. The van der Waals surface area contributed by atoms with Gasteiger partial charge in [0.2, 0.25) is 0 Å². The third kappa shape index (κ3) is 1.78. The quantitative estimate of drug-likeness (QED) is 0.843. The smallest absolute Gasteiger partial charge is 0.161 e. The van der Waals surface area contributed by atoms with Gasteiger partial charge in [-0.15, -0.1) is 0 Å². The summed E-state index contributed by atoms with van der Waals surface area (Å²) >= 11 is 5.85. The first-order valence-electron chi connectivity index (χ1n) is 5.72. The van der Waals surface area contributed by atoms with Crippen LogP contribution in [-0.2, 0) is 12.8 Å². The van der Waals surface area contributed by atoms with Gasteiger partial charge < -0.3 is 5.73 Å².